The Bertz CT molecular complexity index is 301. The molecule has 0 spiro atoms. The van der Waals surface area contributed by atoms with Gasteiger partial charge in [-0.15, -0.1) is 0 Å². The van der Waals surface area contributed by atoms with Gasteiger partial charge in [0.25, 0.3) is 0 Å². The Morgan fingerprint density at radius 2 is 1.55 bits per heavy atom. The number of rotatable bonds is 6. The van der Waals surface area contributed by atoms with Crippen LogP contribution in [0.1, 0.15) is 34.6 Å². The standard InChI is InChI=1S/C15H32O4Si/c1-11-13(17-10-9-16-6)14(12(2)18-11)19-20(7,8)15(3,4)5/h11-14H,9-10H2,1-8H3/t11-,12+,13-,14+/m0/s1. The largest absolute Gasteiger partial charge is 0.409 e. The highest BCUT2D eigenvalue weighted by molar-refractivity contribution is 6.74. The average molecular weight is 305 g/mol. The van der Waals surface area contributed by atoms with Crippen molar-refractivity contribution in [1.82, 2.24) is 0 Å². The van der Waals surface area contributed by atoms with Crippen molar-refractivity contribution in [2.75, 3.05) is 20.3 Å². The lowest BCUT2D eigenvalue weighted by Crippen LogP contribution is -2.49. The first-order valence-corrected chi connectivity index (χ1v) is 10.4. The zero-order chi connectivity index (χ0) is 15.6. The van der Waals surface area contributed by atoms with Gasteiger partial charge >= 0.3 is 0 Å². The molecule has 1 heterocycles. The molecule has 1 rings (SSSR count). The summed E-state index contributed by atoms with van der Waals surface area (Å²) in [5.41, 5.74) is 0. The molecule has 0 N–H and O–H groups in total. The van der Waals surface area contributed by atoms with E-state index in [1.54, 1.807) is 7.11 Å². The van der Waals surface area contributed by atoms with Crippen molar-refractivity contribution >= 4 is 8.32 Å². The fraction of sp³-hybridized carbons (Fsp3) is 1.00. The smallest absolute Gasteiger partial charge is 0.192 e. The Morgan fingerprint density at radius 1 is 1.00 bits per heavy atom. The summed E-state index contributed by atoms with van der Waals surface area (Å²) in [6.45, 7) is 16.6. The van der Waals surface area contributed by atoms with E-state index in [9.17, 15) is 0 Å². The molecule has 1 saturated heterocycles. The Morgan fingerprint density at radius 3 is 2.05 bits per heavy atom. The van der Waals surface area contributed by atoms with Crippen LogP contribution in [0, 0.1) is 0 Å². The molecule has 0 saturated carbocycles. The highest BCUT2D eigenvalue weighted by Gasteiger charge is 2.47. The second kappa shape index (κ2) is 6.88. The van der Waals surface area contributed by atoms with Crippen LogP contribution in [-0.4, -0.2) is 53.1 Å². The molecular formula is C15H32O4Si. The van der Waals surface area contributed by atoms with Crippen LogP contribution in [0.3, 0.4) is 0 Å². The summed E-state index contributed by atoms with van der Waals surface area (Å²) in [7, 11) is -0.137. The van der Waals surface area contributed by atoms with Crippen molar-refractivity contribution in [1.29, 1.82) is 0 Å². The summed E-state index contributed by atoms with van der Waals surface area (Å²) in [6, 6.07) is 0. The second-order valence-electron chi connectivity index (χ2n) is 7.22. The molecule has 0 bridgehead atoms. The van der Waals surface area contributed by atoms with E-state index in [4.69, 9.17) is 18.6 Å². The van der Waals surface area contributed by atoms with Crippen LogP contribution in [0.25, 0.3) is 0 Å². The lowest BCUT2D eigenvalue weighted by atomic mass is 10.1. The number of hydrogen-bond donors (Lipinski definition) is 0. The van der Waals surface area contributed by atoms with Gasteiger partial charge in [0.1, 0.15) is 6.10 Å². The van der Waals surface area contributed by atoms with Gasteiger partial charge in [-0.05, 0) is 32.0 Å². The Hall–Kier alpha value is 0.0569. The van der Waals surface area contributed by atoms with Gasteiger partial charge in [0.2, 0.25) is 0 Å². The van der Waals surface area contributed by atoms with Crippen LogP contribution in [-0.2, 0) is 18.6 Å². The summed E-state index contributed by atoms with van der Waals surface area (Å²) in [6.07, 6.45) is 0.153. The first-order chi connectivity index (χ1) is 9.10. The first kappa shape index (κ1) is 18.1. The van der Waals surface area contributed by atoms with Crippen LogP contribution < -0.4 is 0 Å². The third-order valence-electron chi connectivity index (χ3n) is 4.51. The SMILES string of the molecule is COCCO[C@@H]1[C@H](O[Si](C)(C)C(C)(C)C)[C@@H](C)O[C@H]1C. The van der Waals surface area contributed by atoms with E-state index >= 15 is 0 Å². The average Bonchev–Trinajstić information content (AvgIpc) is 2.54. The van der Waals surface area contributed by atoms with Gasteiger partial charge in [-0.3, -0.25) is 0 Å². The predicted octanol–water partition coefficient (Wildman–Crippen LogP) is 3.22. The van der Waals surface area contributed by atoms with Crippen molar-refractivity contribution in [3.63, 3.8) is 0 Å². The number of ether oxygens (including phenoxy) is 3. The van der Waals surface area contributed by atoms with Gasteiger partial charge in [-0.2, -0.15) is 0 Å². The maximum atomic E-state index is 6.54. The molecule has 5 heteroatoms. The van der Waals surface area contributed by atoms with Crippen LogP contribution >= 0.6 is 0 Å². The highest BCUT2D eigenvalue weighted by Crippen LogP contribution is 2.40. The van der Waals surface area contributed by atoms with Crippen LogP contribution in [0.5, 0.6) is 0 Å². The van der Waals surface area contributed by atoms with E-state index in [0.29, 0.717) is 13.2 Å². The van der Waals surface area contributed by atoms with E-state index < -0.39 is 8.32 Å². The monoisotopic (exact) mass is 304 g/mol. The van der Waals surface area contributed by atoms with E-state index in [1.165, 1.54) is 0 Å². The minimum absolute atomic E-state index is 0.00530. The fourth-order valence-electron chi connectivity index (χ4n) is 2.21. The van der Waals surface area contributed by atoms with Gasteiger partial charge in [0.05, 0.1) is 31.5 Å². The predicted molar refractivity (Wildman–Crippen MR) is 83.7 cm³/mol. The topological polar surface area (TPSA) is 36.9 Å². The summed E-state index contributed by atoms with van der Waals surface area (Å²) in [4.78, 5) is 0. The molecule has 4 atom stereocenters. The third-order valence-corrected chi connectivity index (χ3v) is 8.99. The molecule has 0 aliphatic carbocycles. The number of hydrogen-bond acceptors (Lipinski definition) is 4. The molecule has 0 aromatic carbocycles. The summed E-state index contributed by atoms with van der Waals surface area (Å²) in [5.74, 6) is 0. The molecule has 1 aliphatic rings. The highest BCUT2D eigenvalue weighted by atomic mass is 28.4. The summed E-state index contributed by atoms with van der Waals surface area (Å²) in [5, 5.41) is 0.190. The van der Waals surface area contributed by atoms with Crippen LogP contribution in [0.4, 0.5) is 0 Å². The van der Waals surface area contributed by atoms with Crippen LogP contribution in [0.15, 0.2) is 0 Å². The van der Waals surface area contributed by atoms with Crippen LogP contribution in [0.2, 0.25) is 18.1 Å². The minimum atomic E-state index is -1.82. The van der Waals surface area contributed by atoms with Crippen molar-refractivity contribution in [3.05, 3.63) is 0 Å². The molecule has 0 radical (unpaired) electrons. The molecule has 0 aromatic heterocycles. The van der Waals surface area contributed by atoms with Crippen molar-refractivity contribution in [2.45, 2.75) is 77.2 Å². The normalized spacial score (nSPS) is 31.8. The summed E-state index contributed by atoms with van der Waals surface area (Å²) < 4.78 is 23.4. The van der Waals surface area contributed by atoms with Crippen molar-refractivity contribution in [2.24, 2.45) is 0 Å². The van der Waals surface area contributed by atoms with Gasteiger partial charge in [0.15, 0.2) is 8.32 Å². The number of methoxy groups -OCH3 is 1. The second-order valence-corrected chi connectivity index (χ2v) is 12.0. The van der Waals surface area contributed by atoms with Gasteiger partial charge < -0.3 is 18.6 Å². The van der Waals surface area contributed by atoms with E-state index in [0.717, 1.165) is 0 Å². The van der Waals surface area contributed by atoms with Gasteiger partial charge in [-0.1, -0.05) is 20.8 Å². The van der Waals surface area contributed by atoms with E-state index in [2.05, 4.69) is 47.7 Å². The molecule has 120 valence electrons. The lowest BCUT2D eigenvalue weighted by Gasteiger charge is -2.40. The fourth-order valence-corrected chi connectivity index (χ4v) is 3.57. The Labute approximate surface area is 125 Å². The zero-order valence-electron chi connectivity index (χ0n) is 14.4. The molecular weight excluding hydrogens is 272 g/mol. The zero-order valence-corrected chi connectivity index (χ0v) is 15.4. The van der Waals surface area contributed by atoms with E-state index in [1.807, 2.05) is 0 Å². The molecule has 0 amide bonds. The quantitative estimate of drug-likeness (QED) is 0.558. The maximum Gasteiger partial charge on any atom is 0.192 e. The van der Waals surface area contributed by atoms with Crippen molar-refractivity contribution in [3.8, 4) is 0 Å². The molecule has 0 aromatic rings. The minimum Gasteiger partial charge on any atom is -0.409 e. The molecule has 0 unspecified atom stereocenters. The molecule has 4 nitrogen and oxygen atoms in total. The van der Waals surface area contributed by atoms with Gasteiger partial charge in [-0.25, -0.2) is 0 Å². The van der Waals surface area contributed by atoms with E-state index in [-0.39, 0.29) is 29.5 Å². The molecule has 20 heavy (non-hydrogen) atoms. The molecule has 1 fully saturated rings. The van der Waals surface area contributed by atoms with Gasteiger partial charge in [0, 0.05) is 7.11 Å². The lowest BCUT2D eigenvalue weighted by molar-refractivity contribution is -0.0446. The maximum absolute atomic E-state index is 6.54. The Balaban J connectivity index is 2.73. The van der Waals surface area contributed by atoms with Crippen molar-refractivity contribution < 1.29 is 18.6 Å². The molecule has 1 aliphatic heterocycles. The third kappa shape index (κ3) is 4.27. The Kier molecular flexibility index (Phi) is 6.23. The first-order valence-electron chi connectivity index (χ1n) is 7.54. The summed E-state index contributed by atoms with van der Waals surface area (Å²) >= 11 is 0.